The van der Waals surface area contributed by atoms with E-state index in [0.29, 0.717) is 23.8 Å². The maximum atomic E-state index is 13.4. The van der Waals surface area contributed by atoms with Crippen molar-refractivity contribution in [1.82, 2.24) is 15.1 Å². The second kappa shape index (κ2) is 8.28. The molecule has 6 heteroatoms. The van der Waals surface area contributed by atoms with Crippen LogP contribution in [0.1, 0.15) is 66.2 Å². The summed E-state index contributed by atoms with van der Waals surface area (Å²) in [5.74, 6) is 0.388. The Kier molecular flexibility index (Phi) is 6.89. The van der Waals surface area contributed by atoms with Crippen molar-refractivity contribution in [2.45, 2.75) is 66.2 Å². The van der Waals surface area contributed by atoms with Crippen LogP contribution in [0.5, 0.6) is 0 Å². The highest BCUT2D eigenvalue weighted by Crippen LogP contribution is 2.37. The molecule has 0 radical (unpaired) electrons. The van der Waals surface area contributed by atoms with Crippen LogP contribution in [0.4, 0.5) is 0 Å². The highest BCUT2D eigenvalue weighted by molar-refractivity contribution is 5.89. The number of nitrogens with one attached hydrogen (secondary N) is 1. The number of hydrogen-bond donors (Lipinski definition) is 1. The molecule has 0 aromatic heterocycles. The fourth-order valence-corrected chi connectivity index (χ4v) is 4.57. The molecule has 2 amide bonds. The fourth-order valence-electron chi connectivity index (χ4n) is 4.57. The molecule has 1 N–H and O–H groups in total. The molecular formula is C21H38ClN3O2. The third-order valence-corrected chi connectivity index (χ3v) is 7.06. The highest BCUT2D eigenvalue weighted by Gasteiger charge is 2.47. The molecule has 0 saturated carbocycles. The lowest BCUT2D eigenvalue weighted by molar-refractivity contribution is -0.149. The van der Waals surface area contributed by atoms with E-state index in [1.165, 1.54) is 0 Å². The van der Waals surface area contributed by atoms with Gasteiger partial charge in [-0.1, -0.05) is 27.7 Å². The van der Waals surface area contributed by atoms with Crippen molar-refractivity contribution in [3.63, 3.8) is 0 Å². The minimum Gasteiger partial charge on any atom is -0.343 e. The lowest BCUT2D eigenvalue weighted by Gasteiger charge is -2.42. The average molecular weight is 400 g/mol. The number of nitrogens with zero attached hydrogens (tertiary/aromatic N) is 2. The maximum absolute atomic E-state index is 13.4. The van der Waals surface area contributed by atoms with E-state index in [1.54, 1.807) is 0 Å². The molecule has 3 saturated heterocycles. The molecular weight excluding hydrogens is 362 g/mol. The van der Waals surface area contributed by atoms with Gasteiger partial charge in [0.05, 0.1) is 5.41 Å². The van der Waals surface area contributed by atoms with Gasteiger partial charge in [-0.2, -0.15) is 0 Å². The van der Waals surface area contributed by atoms with Crippen LogP contribution in [0.25, 0.3) is 0 Å². The van der Waals surface area contributed by atoms with Gasteiger partial charge in [-0.25, -0.2) is 0 Å². The van der Waals surface area contributed by atoms with E-state index in [0.717, 1.165) is 64.8 Å². The van der Waals surface area contributed by atoms with Crippen LogP contribution in [0, 0.1) is 16.2 Å². The summed E-state index contributed by atoms with van der Waals surface area (Å²) in [6.45, 7) is 13.9. The predicted molar refractivity (Wildman–Crippen MR) is 111 cm³/mol. The number of halogens is 1. The molecule has 3 fully saturated rings. The molecule has 3 aliphatic rings. The first-order valence-corrected chi connectivity index (χ1v) is 10.4. The first-order chi connectivity index (χ1) is 12.1. The number of likely N-dealkylation sites (tertiary alicyclic amines) is 2. The number of carbonyl (C=O) groups excluding carboxylic acids is 2. The van der Waals surface area contributed by atoms with Crippen molar-refractivity contribution < 1.29 is 9.59 Å². The Balaban J connectivity index is 0.00000261. The minimum atomic E-state index is -0.522. The van der Waals surface area contributed by atoms with Crippen LogP contribution in [-0.2, 0) is 9.59 Å². The van der Waals surface area contributed by atoms with Crippen molar-refractivity contribution in [3.8, 4) is 0 Å². The summed E-state index contributed by atoms with van der Waals surface area (Å²) in [5, 5.41) is 3.35. The van der Waals surface area contributed by atoms with Crippen LogP contribution in [0.15, 0.2) is 0 Å². The number of carbonyl (C=O) groups is 2. The summed E-state index contributed by atoms with van der Waals surface area (Å²) in [6, 6.07) is 0. The van der Waals surface area contributed by atoms with Crippen molar-refractivity contribution in [2.75, 3.05) is 39.3 Å². The lowest BCUT2D eigenvalue weighted by atomic mass is 9.78. The molecule has 0 aromatic carbocycles. The van der Waals surface area contributed by atoms with Crippen molar-refractivity contribution in [3.05, 3.63) is 0 Å². The summed E-state index contributed by atoms with van der Waals surface area (Å²) in [5.41, 5.74) is 0.139. The summed E-state index contributed by atoms with van der Waals surface area (Å²) in [6.07, 6.45) is 5.38. The van der Waals surface area contributed by atoms with Gasteiger partial charge in [-0.15, -0.1) is 12.4 Å². The smallest absolute Gasteiger partial charge is 0.230 e. The van der Waals surface area contributed by atoms with Gasteiger partial charge in [-0.05, 0) is 49.5 Å². The average Bonchev–Trinajstić information content (AvgIpc) is 3.03. The van der Waals surface area contributed by atoms with Gasteiger partial charge in [-0.3, -0.25) is 9.59 Å². The molecule has 3 aliphatic heterocycles. The van der Waals surface area contributed by atoms with E-state index < -0.39 is 5.41 Å². The predicted octanol–water partition coefficient (Wildman–Crippen LogP) is 3.08. The Morgan fingerprint density at radius 3 is 1.74 bits per heavy atom. The SMILES string of the molecule is CC1(C)CCN(C(=O)CC2(C(=O)N3CCC(C)(C)CC3)CCNC2)CC1.Cl. The van der Waals surface area contributed by atoms with Crippen LogP contribution in [0.3, 0.4) is 0 Å². The van der Waals surface area contributed by atoms with Gasteiger partial charge in [0, 0.05) is 39.1 Å². The topological polar surface area (TPSA) is 52.7 Å². The molecule has 1 atom stereocenters. The monoisotopic (exact) mass is 399 g/mol. The highest BCUT2D eigenvalue weighted by atomic mass is 35.5. The van der Waals surface area contributed by atoms with Crippen LogP contribution in [-0.4, -0.2) is 60.9 Å². The maximum Gasteiger partial charge on any atom is 0.230 e. The second-order valence-electron chi connectivity index (χ2n) is 10.4. The van der Waals surface area contributed by atoms with Crippen LogP contribution in [0.2, 0.25) is 0 Å². The molecule has 0 aliphatic carbocycles. The fraction of sp³-hybridized carbons (Fsp3) is 0.905. The Labute approximate surface area is 171 Å². The quantitative estimate of drug-likeness (QED) is 0.793. The molecule has 3 rings (SSSR count). The Bertz CT molecular complexity index is 536. The Morgan fingerprint density at radius 2 is 1.30 bits per heavy atom. The first kappa shape index (κ1) is 22.5. The first-order valence-electron chi connectivity index (χ1n) is 10.4. The van der Waals surface area contributed by atoms with Crippen LogP contribution < -0.4 is 5.32 Å². The zero-order valence-corrected chi connectivity index (χ0v) is 18.4. The zero-order valence-electron chi connectivity index (χ0n) is 17.6. The minimum absolute atomic E-state index is 0. The van der Waals surface area contributed by atoms with E-state index in [4.69, 9.17) is 0 Å². The zero-order chi connectivity index (χ0) is 19.0. The third-order valence-electron chi connectivity index (χ3n) is 7.06. The standard InChI is InChI=1S/C21H37N3O2.ClH/c1-19(2)6-11-23(12-7-19)17(25)15-21(5-10-22-16-21)18(26)24-13-8-20(3,4)9-14-24;/h22H,5-16H2,1-4H3;1H. The van der Waals surface area contributed by atoms with E-state index in [1.807, 2.05) is 9.80 Å². The summed E-state index contributed by atoms with van der Waals surface area (Å²) < 4.78 is 0. The van der Waals surface area contributed by atoms with Gasteiger partial charge >= 0.3 is 0 Å². The number of hydrogen-bond acceptors (Lipinski definition) is 3. The van der Waals surface area contributed by atoms with Gasteiger partial charge < -0.3 is 15.1 Å². The van der Waals surface area contributed by atoms with E-state index in [9.17, 15) is 9.59 Å². The van der Waals surface area contributed by atoms with Gasteiger partial charge in [0.25, 0.3) is 0 Å². The number of amides is 2. The van der Waals surface area contributed by atoms with E-state index >= 15 is 0 Å². The molecule has 156 valence electrons. The van der Waals surface area contributed by atoms with Crippen molar-refractivity contribution >= 4 is 24.2 Å². The number of rotatable bonds is 3. The lowest BCUT2D eigenvalue weighted by Crippen LogP contribution is -2.52. The molecule has 5 nitrogen and oxygen atoms in total. The second-order valence-corrected chi connectivity index (χ2v) is 10.4. The van der Waals surface area contributed by atoms with Gasteiger partial charge in [0.15, 0.2) is 0 Å². The normalized spacial score (nSPS) is 29.9. The van der Waals surface area contributed by atoms with E-state index in [-0.39, 0.29) is 24.2 Å². The summed E-state index contributed by atoms with van der Waals surface area (Å²) >= 11 is 0. The molecule has 1 unspecified atom stereocenters. The summed E-state index contributed by atoms with van der Waals surface area (Å²) in [4.78, 5) is 30.4. The largest absolute Gasteiger partial charge is 0.343 e. The van der Waals surface area contributed by atoms with E-state index in [2.05, 4.69) is 33.0 Å². The van der Waals surface area contributed by atoms with Gasteiger partial charge in [0.1, 0.15) is 0 Å². The summed E-state index contributed by atoms with van der Waals surface area (Å²) in [7, 11) is 0. The van der Waals surface area contributed by atoms with Gasteiger partial charge in [0.2, 0.25) is 11.8 Å². The molecule has 0 bridgehead atoms. The molecule has 27 heavy (non-hydrogen) atoms. The molecule has 0 spiro atoms. The molecule has 3 heterocycles. The third kappa shape index (κ3) is 5.17. The Hall–Kier alpha value is -0.810. The number of piperidine rings is 2. The molecule has 0 aromatic rings. The Morgan fingerprint density at radius 1 is 0.815 bits per heavy atom. The van der Waals surface area contributed by atoms with Crippen LogP contribution >= 0.6 is 12.4 Å². The van der Waals surface area contributed by atoms with Crippen molar-refractivity contribution in [2.24, 2.45) is 16.2 Å². The van der Waals surface area contributed by atoms with Crippen molar-refractivity contribution in [1.29, 1.82) is 0 Å².